The van der Waals surface area contributed by atoms with Crippen molar-refractivity contribution in [3.63, 3.8) is 0 Å². The SMILES string of the molecule is CCOC(=O)C(=O)C=C(O)c1cc(C(C)C)c(C)cc1OCc1ccccc1. The molecule has 0 aromatic heterocycles. The van der Waals surface area contributed by atoms with Crippen LogP contribution in [0.2, 0.25) is 0 Å². The molecule has 0 amide bonds. The Bertz CT molecular complexity index is 866. The predicted octanol–water partition coefficient (Wildman–Crippen LogP) is 4.73. The first kappa shape index (κ1) is 21.2. The molecular weight excluding hydrogens is 356 g/mol. The van der Waals surface area contributed by atoms with Crippen molar-refractivity contribution in [1.29, 1.82) is 0 Å². The van der Waals surface area contributed by atoms with Gasteiger partial charge >= 0.3 is 5.97 Å². The Kier molecular flexibility index (Phi) is 7.38. The van der Waals surface area contributed by atoms with Crippen LogP contribution in [0.25, 0.3) is 5.76 Å². The van der Waals surface area contributed by atoms with Gasteiger partial charge in [0.2, 0.25) is 0 Å². The van der Waals surface area contributed by atoms with Gasteiger partial charge in [-0.15, -0.1) is 0 Å². The smallest absolute Gasteiger partial charge is 0.379 e. The number of esters is 1. The average Bonchev–Trinajstić information content (AvgIpc) is 2.66. The standard InChI is InChI=1S/C23H26O5/c1-5-27-23(26)21(25)13-20(24)19-12-18(15(2)3)16(4)11-22(19)28-14-17-9-7-6-8-10-17/h6-13,15,24H,5,14H2,1-4H3. The number of ketones is 1. The van der Waals surface area contributed by atoms with E-state index in [4.69, 9.17) is 4.74 Å². The van der Waals surface area contributed by atoms with Crippen LogP contribution in [0.1, 0.15) is 48.9 Å². The summed E-state index contributed by atoms with van der Waals surface area (Å²) in [7, 11) is 0. The summed E-state index contributed by atoms with van der Waals surface area (Å²) in [5.74, 6) is -1.59. The molecule has 5 nitrogen and oxygen atoms in total. The van der Waals surface area contributed by atoms with Crippen molar-refractivity contribution in [2.45, 2.75) is 40.2 Å². The molecule has 0 spiro atoms. The average molecular weight is 382 g/mol. The lowest BCUT2D eigenvalue weighted by molar-refractivity contribution is -0.151. The summed E-state index contributed by atoms with van der Waals surface area (Å²) in [5.41, 5.74) is 3.38. The van der Waals surface area contributed by atoms with Crippen LogP contribution in [-0.4, -0.2) is 23.5 Å². The van der Waals surface area contributed by atoms with Crippen LogP contribution >= 0.6 is 0 Å². The number of aryl methyl sites for hydroxylation is 1. The molecule has 0 aliphatic rings. The third kappa shape index (κ3) is 5.46. The molecule has 1 N–H and O–H groups in total. The molecule has 28 heavy (non-hydrogen) atoms. The van der Waals surface area contributed by atoms with E-state index >= 15 is 0 Å². The molecular formula is C23H26O5. The molecule has 0 saturated heterocycles. The zero-order valence-electron chi connectivity index (χ0n) is 16.7. The Morgan fingerprint density at radius 2 is 1.82 bits per heavy atom. The maximum Gasteiger partial charge on any atom is 0.379 e. The lowest BCUT2D eigenvalue weighted by atomic mass is 9.94. The monoisotopic (exact) mass is 382 g/mol. The van der Waals surface area contributed by atoms with Crippen LogP contribution in [0.3, 0.4) is 0 Å². The van der Waals surface area contributed by atoms with Crippen molar-refractivity contribution < 1.29 is 24.2 Å². The number of aliphatic hydroxyl groups excluding tert-OH is 1. The van der Waals surface area contributed by atoms with Gasteiger partial charge in [0.05, 0.1) is 12.2 Å². The molecule has 2 aromatic rings. The number of rotatable bonds is 8. The van der Waals surface area contributed by atoms with Crippen molar-refractivity contribution >= 4 is 17.5 Å². The number of hydrogen-bond acceptors (Lipinski definition) is 5. The number of aliphatic hydroxyl groups is 1. The molecule has 5 heteroatoms. The van der Waals surface area contributed by atoms with Crippen LogP contribution in [0.5, 0.6) is 5.75 Å². The minimum Gasteiger partial charge on any atom is -0.507 e. The van der Waals surface area contributed by atoms with E-state index in [-0.39, 0.29) is 18.3 Å². The van der Waals surface area contributed by atoms with Gasteiger partial charge in [-0.25, -0.2) is 4.79 Å². The van der Waals surface area contributed by atoms with Gasteiger partial charge in [0.15, 0.2) is 0 Å². The van der Waals surface area contributed by atoms with E-state index in [0.29, 0.717) is 17.9 Å². The minimum atomic E-state index is -1.00. The highest BCUT2D eigenvalue weighted by atomic mass is 16.5. The van der Waals surface area contributed by atoms with Crippen molar-refractivity contribution in [3.8, 4) is 5.75 Å². The van der Waals surface area contributed by atoms with E-state index in [2.05, 4.69) is 4.74 Å². The Morgan fingerprint density at radius 3 is 2.43 bits per heavy atom. The van der Waals surface area contributed by atoms with Gasteiger partial charge in [-0.3, -0.25) is 4.79 Å². The van der Waals surface area contributed by atoms with Gasteiger partial charge in [0, 0.05) is 6.08 Å². The Labute approximate surface area is 165 Å². The van der Waals surface area contributed by atoms with E-state index in [1.54, 1.807) is 13.0 Å². The van der Waals surface area contributed by atoms with Crippen LogP contribution in [0, 0.1) is 6.92 Å². The summed E-state index contributed by atoms with van der Waals surface area (Å²) in [5, 5.41) is 10.5. The third-order valence-electron chi connectivity index (χ3n) is 4.25. The van der Waals surface area contributed by atoms with Crippen molar-refractivity contribution in [2.75, 3.05) is 6.61 Å². The number of benzene rings is 2. The first-order valence-corrected chi connectivity index (χ1v) is 9.26. The van der Waals surface area contributed by atoms with E-state index < -0.39 is 11.8 Å². The van der Waals surface area contributed by atoms with E-state index in [1.807, 2.05) is 57.2 Å². The summed E-state index contributed by atoms with van der Waals surface area (Å²) in [6.07, 6.45) is 0.877. The molecule has 2 rings (SSSR count). The topological polar surface area (TPSA) is 72.8 Å². The normalized spacial score (nSPS) is 11.4. The van der Waals surface area contributed by atoms with E-state index in [9.17, 15) is 14.7 Å². The Hall–Kier alpha value is -3.08. The predicted molar refractivity (Wildman–Crippen MR) is 108 cm³/mol. The minimum absolute atomic E-state index is 0.0899. The maximum atomic E-state index is 11.9. The zero-order chi connectivity index (χ0) is 20.7. The van der Waals surface area contributed by atoms with Crippen LogP contribution in [-0.2, 0) is 20.9 Å². The van der Waals surface area contributed by atoms with Crippen LogP contribution in [0.4, 0.5) is 0 Å². The van der Waals surface area contributed by atoms with Gasteiger partial charge in [-0.1, -0.05) is 44.2 Å². The highest BCUT2D eigenvalue weighted by Gasteiger charge is 2.18. The molecule has 0 aliphatic heterocycles. The highest BCUT2D eigenvalue weighted by Crippen LogP contribution is 2.32. The summed E-state index contributed by atoms with van der Waals surface area (Å²) in [4.78, 5) is 23.5. The largest absolute Gasteiger partial charge is 0.507 e. The first-order chi connectivity index (χ1) is 13.3. The van der Waals surface area contributed by atoms with E-state index in [1.165, 1.54) is 0 Å². The van der Waals surface area contributed by atoms with Crippen LogP contribution < -0.4 is 4.74 Å². The van der Waals surface area contributed by atoms with Gasteiger partial charge in [0.25, 0.3) is 5.78 Å². The first-order valence-electron chi connectivity index (χ1n) is 9.26. The molecule has 0 aliphatic carbocycles. The van der Waals surface area contributed by atoms with Gasteiger partial charge in [-0.2, -0.15) is 0 Å². The van der Waals surface area contributed by atoms with Gasteiger partial charge in [0.1, 0.15) is 18.1 Å². The molecule has 0 unspecified atom stereocenters. The lowest BCUT2D eigenvalue weighted by Gasteiger charge is -2.17. The number of ether oxygens (including phenoxy) is 2. The molecule has 0 heterocycles. The maximum absolute atomic E-state index is 11.9. The second-order valence-electron chi connectivity index (χ2n) is 6.75. The van der Waals surface area contributed by atoms with Crippen molar-refractivity contribution in [2.24, 2.45) is 0 Å². The number of hydrogen-bond donors (Lipinski definition) is 1. The van der Waals surface area contributed by atoms with Gasteiger partial charge < -0.3 is 14.6 Å². The zero-order valence-corrected chi connectivity index (χ0v) is 16.7. The fourth-order valence-electron chi connectivity index (χ4n) is 2.84. The van der Waals surface area contributed by atoms with Crippen molar-refractivity contribution in [1.82, 2.24) is 0 Å². The third-order valence-corrected chi connectivity index (χ3v) is 4.25. The Balaban J connectivity index is 2.39. The second-order valence-corrected chi connectivity index (χ2v) is 6.75. The quantitative estimate of drug-likeness (QED) is 0.309. The summed E-state index contributed by atoms with van der Waals surface area (Å²) < 4.78 is 10.6. The molecule has 0 fully saturated rings. The molecule has 0 atom stereocenters. The highest BCUT2D eigenvalue weighted by molar-refractivity contribution is 6.39. The lowest BCUT2D eigenvalue weighted by Crippen LogP contribution is -2.15. The molecule has 148 valence electrons. The van der Waals surface area contributed by atoms with Crippen molar-refractivity contribution in [3.05, 3.63) is 70.8 Å². The Morgan fingerprint density at radius 1 is 1.14 bits per heavy atom. The molecule has 0 radical (unpaired) electrons. The second kappa shape index (κ2) is 9.74. The molecule has 0 saturated carbocycles. The van der Waals surface area contributed by atoms with Gasteiger partial charge in [-0.05, 0) is 48.6 Å². The summed E-state index contributed by atoms with van der Waals surface area (Å²) in [6, 6.07) is 13.3. The fraction of sp³-hybridized carbons (Fsp3) is 0.304. The molecule has 2 aromatic carbocycles. The number of carbonyl (C=O) groups excluding carboxylic acids is 2. The number of carbonyl (C=O) groups is 2. The van der Waals surface area contributed by atoms with E-state index in [0.717, 1.165) is 22.8 Å². The molecule has 0 bridgehead atoms. The van der Waals surface area contributed by atoms with Crippen LogP contribution in [0.15, 0.2) is 48.5 Å². The fourth-order valence-corrected chi connectivity index (χ4v) is 2.84. The summed E-state index contributed by atoms with van der Waals surface area (Å²) in [6.45, 7) is 8.07. The summed E-state index contributed by atoms with van der Waals surface area (Å²) >= 11 is 0.